The first-order valence-electron chi connectivity index (χ1n) is 10.1. The third-order valence-corrected chi connectivity index (χ3v) is 5.86. The minimum Gasteiger partial charge on any atom is -0.355 e. The van der Waals surface area contributed by atoms with Gasteiger partial charge in [-0.15, -0.1) is 0 Å². The topological polar surface area (TPSA) is 79.2 Å². The Hall–Kier alpha value is -2.22. The highest BCUT2D eigenvalue weighted by molar-refractivity contribution is 5.86. The minimum atomic E-state index is 0.158. The van der Waals surface area contributed by atoms with E-state index in [2.05, 4.69) is 30.2 Å². The lowest BCUT2D eigenvalue weighted by atomic mass is 9.89. The van der Waals surface area contributed by atoms with Crippen molar-refractivity contribution < 1.29 is 4.79 Å². The van der Waals surface area contributed by atoms with Crippen molar-refractivity contribution in [2.45, 2.75) is 32.1 Å². The molecule has 0 bridgehead atoms. The summed E-state index contributed by atoms with van der Waals surface area (Å²) in [7, 11) is 1.89. The number of carbonyl (C=O) groups excluding carboxylic acids is 1. The maximum absolute atomic E-state index is 12.3. The fourth-order valence-electron chi connectivity index (χ4n) is 4.23. The second-order valence-electron chi connectivity index (χ2n) is 7.77. The number of aryl methyl sites for hydroxylation is 1. The average molecular weight is 371 g/mol. The molecule has 1 N–H and O–H groups in total. The number of rotatable bonds is 5. The summed E-state index contributed by atoms with van der Waals surface area (Å²) in [6.07, 6.45) is 9.94. The smallest absolute Gasteiger partial charge is 0.234 e. The van der Waals surface area contributed by atoms with Gasteiger partial charge in [0.05, 0.1) is 18.1 Å². The number of nitrogens with zero attached hydrogens (tertiary/aromatic N) is 6. The van der Waals surface area contributed by atoms with Crippen molar-refractivity contribution in [3.8, 4) is 0 Å². The van der Waals surface area contributed by atoms with E-state index >= 15 is 0 Å². The Bertz CT molecular complexity index is 775. The molecule has 146 valence electrons. The van der Waals surface area contributed by atoms with Crippen molar-refractivity contribution in [1.82, 2.24) is 30.0 Å². The second kappa shape index (κ2) is 8.21. The minimum absolute atomic E-state index is 0.158. The normalized spacial score (nSPS) is 19.5. The number of carbonyl (C=O) groups is 1. The molecule has 1 aliphatic heterocycles. The molecular weight excluding hydrogens is 342 g/mol. The van der Waals surface area contributed by atoms with Gasteiger partial charge < -0.3 is 10.2 Å². The Labute approximate surface area is 159 Å². The first-order valence-corrected chi connectivity index (χ1v) is 10.1. The van der Waals surface area contributed by atoms with Crippen molar-refractivity contribution in [3.63, 3.8) is 0 Å². The maximum atomic E-state index is 12.3. The van der Waals surface area contributed by atoms with E-state index in [1.165, 1.54) is 32.1 Å². The Morgan fingerprint density at radius 2 is 1.93 bits per heavy atom. The van der Waals surface area contributed by atoms with E-state index in [0.717, 1.165) is 49.6 Å². The molecule has 1 aliphatic carbocycles. The van der Waals surface area contributed by atoms with Crippen LogP contribution in [-0.4, -0.2) is 69.8 Å². The zero-order valence-corrected chi connectivity index (χ0v) is 16.1. The highest BCUT2D eigenvalue weighted by Gasteiger charge is 2.22. The molecule has 8 heteroatoms. The lowest BCUT2D eigenvalue weighted by Gasteiger charge is -2.35. The molecule has 0 radical (unpaired) electrons. The summed E-state index contributed by atoms with van der Waals surface area (Å²) in [5, 5.41) is 8.42. The predicted molar refractivity (Wildman–Crippen MR) is 105 cm³/mol. The Kier molecular flexibility index (Phi) is 5.52. The van der Waals surface area contributed by atoms with Crippen LogP contribution in [0.25, 0.3) is 11.0 Å². The molecule has 0 spiro atoms. The summed E-state index contributed by atoms with van der Waals surface area (Å²) in [6.45, 7) is 4.78. The number of aromatic nitrogens is 4. The van der Waals surface area contributed by atoms with Crippen LogP contribution in [0.15, 0.2) is 12.5 Å². The number of nitrogens with one attached hydrogen (secondary N) is 1. The number of fused-ring (bicyclic) bond motifs is 1. The van der Waals surface area contributed by atoms with Gasteiger partial charge in [-0.05, 0) is 18.8 Å². The van der Waals surface area contributed by atoms with Crippen LogP contribution in [0.4, 0.5) is 5.82 Å². The van der Waals surface area contributed by atoms with Crippen LogP contribution in [0.3, 0.4) is 0 Å². The van der Waals surface area contributed by atoms with E-state index in [4.69, 9.17) is 0 Å². The molecule has 2 aliphatic rings. The van der Waals surface area contributed by atoms with Gasteiger partial charge in [0.25, 0.3) is 0 Å². The van der Waals surface area contributed by atoms with Crippen LogP contribution >= 0.6 is 0 Å². The number of anilines is 1. The average Bonchev–Trinajstić information content (AvgIpc) is 3.09. The first kappa shape index (κ1) is 18.2. The predicted octanol–water partition coefficient (Wildman–Crippen LogP) is 1.18. The number of hydrogen-bond donors (Lipinski definition) is 1. The van der Waals surface area contributed by atoms with Crippen LogP contribution in [-0.2, 0) is 11.8 Å². The lowest BCUT2D eigenvalue weighted by Crippen LogP contribution is -2.50. The summed E-state index contributed by atoms with van der Waals surface area (Å²) in [4.78, 5) is 25.6. The van der Waals surface area contributed by atoms with Crippen LogP contribution in [0.2, 0.25) is 0 Å². The molecule has 0 atom stereocenters. The zero-order chi connectivity index (χ0) is 18.6. The molecular formula is C19H29N7O. The highest BCUT2D eigenvalue weighted by Crippen LogP contribution is 2.24. The SMILES string of the molecule is Cn1ncc2c(N3CCN(CC(=O)NCC4CCCCC4)CC3)ncnc21. The Balaban J connectivity index is 1.26. The summed E-state index contributed by atoms with van der Waals surface area (Å²) < 4.78 is 1.77. The first-order chi connectivity index (χ1) is 13.2. The monoisotopic (exact) mass is 371 g/mol. The van der Waals surface area contributed by atoms with Crippen molar-refractivity contribution >= 4 is 22.8 Å². The van der Waals surface area contributed by atoms with Crippen LogP contribution < -0.4 is 10.2 Å². The molecule has 1 saturated carbocycles. The molecule has 4 rings (SSSR count). The molecule has 0 aromatic carbocycles. The summed E-state index contributed by atoms with van der Waals surface area (Å²) in [6, 6.07) is 0. The fourth-order valence-corrected chi connectivity index (χ4v) is 4.23. The van der Waals surface area contributed by atoms with Gasteiger partial charge in [0.15, 0.2) is 5.65 Å². The number of hydrogen-bond acceptors (Lipinski definition) is 6. The number of amides is 1. The Morgan fingerprint density at radius 1 is 1.15 bits per heavy atom. The van der Waals surface area contributed by atoms with Gasteiger partial charge in [-0.3, -0.25) is 14.4 Å². The largest absolute Gasteiger partial charge is 0.355 e. The summed E-state index contributed by atoms with van der Waals surface area (Å²) >= 11 is 0. The molecule has 1 amide bonds. The molecule has 2 aromatic heterocycles. The maximum Gasteiger partial charge on any atom is 0.234 e. The fraction of sp³-hybridized carbons (Fsp3) is 0.684. The number of piperazine rings is 1. The van der Waals surface area contributed by atoms with Gasteiger partial charge in [0.1, 0.15) is 12.1 Å². The van der Waals surface area contributed by atoms with E-state index in [-0.39, 0.29) is 5.91 Å². The lowest BCUT2D eigenvalue weighted by molar-refractivity contribution is -0.122. The molecule has 2 aromatic rings. The second-order valence-corrected chi connectivity index (χ2v) is 7.77. The quantitative estimate of drug-likeness (QED) is 0.850. The standard InChI is InChI=1S/C19H29N7O/c1-24-18-16(12-23-24)19(22-14-21-18)26-9-7-25(8-10-26)13-17(27)20-11-15-5-3-2-4-6-15/h12,14-15H,2-11,13H2,1H3,(H,20,27). The van der Waals surface area contributed by atoms with Gasteiger partial charge >= 0.3 is 0 Å². The molecule has 27 heavy (non-hydrogen) atoms. The van der Waals surface area contributed by atoms with Gasteiger partial charge in [0.2, 0.25) is 5.91 Å². The van der Waals surface area contributed by atoms with Crippen molar-refractivity contribution in [3.05, 3.63) is 12.5 Å². The third kappa shape index (κ3) is 4.21. The van der Waals surface area contributed by atoms with Crippen LogP contribution in [0, 0.1) is 5.92 Å². The Morgan fingerprint density at radius 3 is 2.70 bits per heavy atom. The zero-order valence-electron chi connectivity index (χ0n) is 16.1. The van der Waals surface area contributed by atoms with Crippen LogP contribution in [0.5, 0.6) is 0 Å². The van der Waals surface area contributed by atoms with Gasteiger partial charge in [0, 0.05) is 39.8 Å². The molecule has 2 fully saturated rings. The molecule has 8 nitrogen and oxygen atoms in total. The van der Waals surface area contributed by atoms with E-state index in [1.54, 1.807) is 11.0 Å². The van der Waals surface area contributed by atoms with Gasteiger partial charge in [-0.1, -0.05) is 19.3 Å². The van der Waals surface area contributed by atoms with Crippen molar-refractivity contribution in [2.24, 2.45) is 13.0 Å². The van der Waals surface area contributed by atoms with Gasteiger partial charge in [-0.25, -0.2) is 9.97 Å². The van der Waals surface area contributed by atoms with E-state index in [0.29, 0.717) is 12.5 Å². The summed E-state index contributed by atoms with van der Waals surface area (Å²) in [5.41, 5.74) is 0.851. The summed E-state index contributed by atoms with van der Waals surface area (Å²) in [5.74, 6) is 1.78. The molecule has 0 unspecified atom stereocenters. The van der Waals surface area contributed by atoms with E-state index in [9.17, 15) is 4.79 Å². The highest BCUT2D eigenvalue weighted by atomic mass is 16.2. The van der Waals surface area contributed by atoms with Gasteiger partial charge in [-0.2, -0.15) is 5.10 Å². The third-order valence-electron chi connectivity index (χ3n) is 5.86. The van der Waals surface area contributed by atoms with E-state index < -0.39 is 0 Å². The van der Waals surface area contributed by atoms with Crippen LogP contribution in [0.1, 0.15) is 32.1 Å². The van der Waals surface area contributed by atoms with E-state index in [1.807, 2.05) is 13.2 Å². The molecule has 3 heterocycles. The van der Waals surface area contributed by atoms with Crippen molar-refractivity contribution in [2.75, 3.05) is 44.2 Å². The van der Waals surface area contributed by atoms with Crippen molar-refractivity contribution in [1.29, 1.82) is 0 Å². The molecule has 1 saturated heterocycles.